The second kappa shape index (κ2) is 7.90. The first-order chi connectivity index (χ1) is 14.7. The minimum absolute atomic E-state index is 0.00750. The molecule has 0 bridgehead atoms. The molecule has 1 aliphatic heterocycles. The maximum Gasteiger partial charge on any atom is 0.410 e. The molecule has 8 heteroatoms. The lowest BCUT2D eigenvalue weighted by Crippen LogP contribution is -2.46. The molecule has 0 spiro atoms. The van der Waals surface area contributed by atoms with Crippen LogP contribution in [0.25, 0.3) is 16.6 Å². The molecule has 1 aromatic carbocycles. The number of rotatable bonds is 3. The molecule has 0 radical (unpaired) electrons. The molecule has 1 saturated heterocycles. The summed E-state index contributed by atoms with van der Waals surface area (Å²) in [5, 5.41) is 5.57. The molecule has 4 rings (SSSR count). The zero-order valence-corrected chi connectivity index (χ0v) is 18.8. The SMILES string of the molecule is CCOc1cccc2nn3c(C4CCN(C(=O)OC(C)(C)C)C(C)C4)cc(=O)[nH]c3c12. The number of piperidine rings is 1. The zero-order valence-electron chi connectivity index (χ0n) is 18.8. The number of hydrogen-bond acceptors (Lipinski definition) is 5. The number of fused-ring (bicyclic) bond motifs is 3. The van der Waals surface area contributed by atoms with Gasteiger partial charge >= 0.3 is 6.09 Å². The van der Waals surface area contributed by atoms with Gasteiger partial charge in [0.25, 0.3) is 5.56 Å². The van der Waals surface area contributed by atoms with E-state index in [0.717, 1.165) is 29.4 Å². The van der Waals surface area contributed by atoms with Gasteiger partial charge in [0, 0.05) is 24.6 Å². The van der Waals surface area contributed by atoms with E-state index in [2.05, 4.69) is 4.98 Å². The Morgan fingerprint density at radius 2 is 2.10 bits per heavy atom. The van der Waals surface area contributed by atoms with Crippen LogP contribution in [0.4, 0.5) is 4.79 Å². The summed E-state index contributed by atoms with van der Waals surface area (Å²) in [6.45, 7) is 10.7. The summed E-state index contributed by atoms with van der Waals surface area (Å²) >= 11 is 0. The molecular formula is C23H30N4O4. The predicted octanol–water partition coefficient (Wildman–Crippen LogP) is 4.08. The van der Waals surface area contributed by atoms with Crippen LogP contribution >= 0.6 is 0 Å². The molecule has 2 aromatic heterocycles. The highest BCUT2D eigenvalue weighted by molar-refractivity contribution is 5.97. The highest BCUT2D eigenvalue weighted by Crippen LogP contribution is 2.34. The molecule has 31 heavy (non-hydrogen) atoms. The van der Waals surface area contributed by atoms with Crippen molar-refractivity contribution >= 4 is 22.6 Å². The second-order valence-electron chi connectivity index (χ2n) is 9.15. The molecule has 2 unspecified atom stereocenters. The molecule has 2 atom stereocenters. The molecule has 0 saturated carbocycles. The van der Waals surface area contributed by atoms with Crippen LogP contribution < -0.4 is 10.3 Å². The Kier molecular flexibility index (Phi) is 5.41. The molecule has 1 aliphatic rings. The second-order valence-corrected chi connectivity index (χ2v) is 9.15. The predicted molar refractivity (Wildman–Crippen MR) is 119 cm³/mol. The van der Waals surface area contributed by atoms with E-state index in [1.165, 1.54) is 0 Å². The van der Waals surface area contributed by atoms with Gasteiger partial charge in [-0.15, -0.1) is 0 Å². The van der Waals surface area contributed by atoms with Crippen molar-refractivity contribution in [3.05, 3.63) is 40.3 Å². The Hall–Kier alpha value is -3.03. The molecular weight excluding hydrogens is 396 g/mol. The van der Waals surface area contributed by atoms with Gasteiger partial charge < -0.3 is 19.4 Å². The van der Waals surface area contributed by atoms with Crippen LogP contribution in [0.2, 0.25) is 0 Å². The summed E-state index contributed by atoms with van der Waals surface area (Å²) in [5.41, 5.74) is 1.57. The third kappa shape index (κ3) is 4.11. The van der Waals surface area contributed by atoms with E-state index in [0.29, 0.717) is 24.5 Å². The Bertz CT molecular complexity index is 1170. The fourth-order valence-electron chi connectivity index (χ4n) is 4.35. The minimum atomic E-state index is -0.528. The van der Waals surface area contributed by atoms with Gasteiger partial charge in [-0.1, -0.05) is 6.07 Å². The first-order valence-electron chi connectivity index (χ1n) is 10.8. The van der Waals surface area contributed by atoms with Gasteiger partial charge in [-0.25, -0.2) is 9.31 Å². The summed E-state index contributed by atoms with van der Waals surface area (Å²) in [7, 11) is 0. The van der Waals surface area contributed by atoms with E-state index in [1.807, 2.05) is 57.3 Å². The number of nitrogens with zero attached hydrogens (tertiary/aromatic N) is 3. The normalized spacial score (nSPS) is 19.7. The van der Waals surface area contributed by atoms with E-state index in [9.17, 15) is 9.59 Å². The number of amides is 1. The van der Waals surface area contributed by atoms with E-state index in [-0.39, 0.29) is 23.6 Å². The maximum atomic E-state index is 12.6. The Morgan fingerprint density at radius 3 is 2.77 bits per heavy atom. The number of likely N-dealkylation sites (tertiary alicyclic amines) is 1. The average Bonchev–Trinajstić information content (AvgIpc) is 3.05. The van der Waals surface area contributed by atoms with Crippen molar-refractivity contribution in [1.29, 1.82) is 0 Å². The van der Waals surface area contributed by atoms with Crippen LogP contribution in [0.1, 0.15) is 59.1 Å². The number of H-pyrrole nitrogens is 1. The maximum absolute atomic E-state index is 12.6. The largest absolute Gasteiger partial charge is 0.493 e. The Labute approximate surface area is 181 Å². The van der Waals surface area contributed by atoms with Gasteiger partial charge in [0.1, 0.15) is 17.0 Å². The van der Waals surface area contributed by atoms with Crippen molar-refractivity contribution in [1.82, 2.24) is 19.5 Å². The van der Waals surface area contributed by atoms with Crippen LogP contribution in [-0.2, 0) is 4.74 Å². The van der Waals surface area contributed by atoms with Crippen LogP contribution in [0.5, 0.6) is 5.75 Å². The number of nitrogens with one attached hydrogen (secondary N) is 1. The van der Waals surface area contributed by atoms with Crippen molar-refractivity contribution in [3.8, 4) is 5.75 Å². The van der Waals surface area contributed by atoms with Crippen LogP contribution in [0, 0.1) is 0 Å². The molecule has 166 valence electrons. The number of benzene rings is 1. The van der Waals surface area contributed by atoms with Gasteiger partial charge in [-0.05, 0) is 59.6 Å². The first kappa shape index (κ1) is 21.2. The number of carbonyl (C=O) groups is 1. The van der Waals surface area contributed by atoms with Crippen molar-refractivity contribution in [3.63, 3.8) is 0 Å². The van der Waals surface area contributed by atoms with Gasteiger partial charge in [0.2, 0.25) is 0 Å². The lowest BCUT2D eigenvalue weighted by atomic mass is 9.89. The molecule has 0 aliphatic carbocycles. The Balaban J connectivity index is 1.69. The summed E-state index contributed by atoms with van der Waals surface area (Å²) in [4.78, 5) is 29.8. The fourth-order valence-corrected chi connectivity index (χ4v) is 4.35. The summed E-state index contributed by atoms with van der Waals surface area (Å²) in [6, 6.07) is 7.33. The molecule has 8 nitrogen and oxygen atoms in total. The Morgan fingerprint density at radius 1 is 1.32 bits per heavy atom. The molecule has 1 amide bonds. The summed E-state index contributed by atoms with van der Waals surface area (Å²) in [6.07, 6.45) is 1.17. The number of carbonyl (C=O) groups excluding carboxylic acids is 1. The molecule has 1 fully saturated rings. The lowest BCUT2D eigenvalue weighted by molar-refractivity contribution is 0.0102. The van der Waals surface area contributed by atoms with Gasteiger partial charge in [0.05, 0.1) is 23.2 Å². The van der Waals surface area contributed by atoms with Crippen molar-refractivity contribution < 1.29 is 14.3 Å². The smallest absolute Gasteiger partial charge is 0.410 e. The van der Waals surface area contributed by atoms with Crippen LogP contribution in [0.15, 0.2) is 29.1 Å². The minimum Gasteiger partial charge on any atom is -0.493 e. The third-order valence-corrected chi connectivity index (χ3v) is 5.65. The number of hydrogen-bond donors (Lipinski definition) is 1. The van der Waals surface area contributed by atoms with E-state index < -0.39 is 5.60 Å². The highest BCUT2D eigenvalue weighted by Gasteiger charge is 2.33. The van der Waals surface area contributed by atoms with Gasteiger partial charge in [-0.3, -0.25) is 4.79 Å². The number of ether oxygens (including phenoxy) is 2. The van der Waals surface area contributed by atoms with Crippen LogP contribution in [0.3, 0.4) is 0 Å². The molecule has 1 N–H and O–H groups in total. The van der Waals surface area contributed by atoms with Gasteiger partial charge in [0.15, 0.2) is 0 Å². The zero-order chi connectivity index (χ0) is 22.3. The topological polar surface area (TPSA) is 88.9 Å². The lowest BCUT2D eigenvalue weighted by Gasteiger charge is -2.38. The van der Waals surface area contributed by atoms with Crippen molar-refractivity contribution in [2.75, 3.05) is 13.2 Å². The number of aromatic nitrogens is 3. The van der Waals surface area contributed by atoms with Crippen molar-refractivity contribution in [2.24, 2.45) is 0 Å². The number of aromatic amines is 1. The summed E-state index contributed by atoms with van der Waals surface area (Å²) < 4.78 is 13.2. The average molecular weight is 427 g/mol. The van der Waals surface area contributed by atoms with E-state index >= 15 is 0 Å². The van der Waals surface area contributed by atoms with Crippen LogP contribution in [-0.4, -0.2) is 50.4 Å². The fraction of sp³-hybridized carbons (Fsp3) is 0.522. The standard InChI is InChI=1S/C23H30N4O4/c1-6-30-18-9-7-8-16-20(18)21-24-19(28)13-17(27(21)25-16)15-10-11-26(14(2)12-15)22(29)31-23(3,4)5/h7-9,13-15H,6,10-12H2,1-5H3,(H,24,28). The summed E-state index contributed by atoms with van der Waals surface area (Å²) in [5.74, 6) is 0.805. The van der Waals surface area contributed by atoms with E-state index in [1.54, 1.807) is 11.0 Å². The first-order valence-corrected chi connectivity index (χ1v) is 10.8. The monoisotopic (exact) mass is 426 g/mol. The third-order valence-electron chi connectivity index (χ3n) is 5.65. The highest BCUT2D eigenvalue weighted by atomic mass is 16.6. The van der Waals surface area contributed by atoms with Gasteiger partial charge in [-0.2, -0.15) is 5.10 Å². The molecule has 3 heterocycles. The van der Waals surface area contributed by atoms with Crippen molar-refractivity contribution in [2.45, 2.75) is 65.0 Å². The quantitative estimate of drug-likeness (QED) is 0.682. The molecule has 3 aromatic rings. The van der Waals surface area contributed by atoms with E-state index in [4.69, 9.17) is 14.6 Å².